The lowest BCUT2D eigenvalue weighted by atomic mass is 9.56. The molecule has 132 valence electrons. The quantitative estimate of drug-likeness (QED) is 0.825. The minimum atomic E-state index is -1.94. The van der Waals surface area contributed by atoms with Gasteiger partial charge in [-0.3, -0.25) is 0 Å². The lowest BCUT2D eigenvalue weighted by Gasteiger charge is -2.44. The summed E-state index contributed by atoms with van der Waals surface area (Å²) in [5, 5.41) is 19.7. The zero-order valence-corrected chi connectivity index (χ0v) is 14.3. The number of nitrogens with zero attached hydrogens (tertiary/aromatic N) is 2. The van der Waals surface area contributed by atoms with Crippen molar-refractivity contribution in [2.24, 2.45) is 17.1 Å². The highest BCUT2D eigenvalue weighted by Gasteiger charge is 2.59. The fourth-order valence-electron chi connectivity index (χ4n) is 4.23. The average Bonchev–Trinajstić information content (AvgIpc) is 2.67. The number of halogens is 1. The Morgan fingerprint density at radius 2 is 2.12 bits per heavy atom. The Bertz CT molecular complexity index is 906. The van der Waals surface area contributed by atoms with Crippen LogP contribution in [0.4, 0.5) is 4.39 Å². The van der Waals surface area contributed by atoms with Crippen LogP contribution >= 0.6 is 0 Å². The maximum absolute atomic E-state index is 14.7. The number of carbonyl (C=O) groups is 1. The zero-order chi connectivity index (χ0) is 18.9. The van der Waals surface area contributed by atoms with Crippen molar-refractivity contribution in [3.05, 3.63) is 58.6 Å². The molecule has 26 heavy (non-hydrogen) atoms. The van der Waals surface area contributed by atoms with Crippen LogP contribution in [0.1, 0.15) is 30.7 Å². The Balaban J connectivity index is 2.40. The van der Waals surface area contributed by atoms with E-state index in [1.165, 1.54) is 6.07 Å². The number of hydrogen-bond acceptors (Lipinski definition) is 5. The Morgan fingerprint density at radius 1 is 1.38 bits per heavy atom. The van der Waals surface area contributed by atoms with Crippen molar-refractivity contribution in [3.8, 4) is 12.1 Å². The van der Waals surface area contributed by atoms with Gasteiger partial charge in [-0.05, 0) is 42.4 Å². The smallest absolute Gasteiger partial charge is 0.333 e. The molecule has 0 spiro atoms. The highest BCUT2D eigenvalue weighted by atomic mass is 19.1. The molecule has 0 saturated carbocycles. The molecule has 2 aliphatic carbocycles. The number of methoxy groups -OCH3 is 1. The third-order valence-electron chi connectivity index (χ3n) is 5.37. The van der Waals surface area contributed by atoms with Gasteiger partial charge in [0.2, 0.25) is 5.41 Å². The highest BCUT2D eigenvalue weighted by Crippen LogP contribution is 2.56. The molecule has 0 aromatic heterocycles. The molecule has 2 aliphatic rings. The van der Waals surface area contributed by atoms with Crippen LogP contribution in [0.5, 0.6) is 0 Å². The van der Waals surface area contributed by atoms with E-state index < -0.39 is 23.1 Å². The molecular formula is C20H18FN3O2. The summed E-state index contributed by atoms with van der Waals surface area (Å²) in [6.45, 7) is 0. The highest BCUT2D eigenvalue weighted by molar-refractivity contribution is 5.87. The van der Waals surface area contributed by atoms with Crippen molar-refractivity contribution in [3.63, 3.8) is 0 Å². The second-order valence-corrected chi connectivity index (χ2v) is 6.51. The van der Waals surface area contributed by atoms with Gasteiger partial charge in [0.1, 0.15) is 11.9 Å². The SMILES string of the molecule is COC(=O)[C@]1(C#N)C(N)=C(C#N)C2=CCCC[C@@H]2[C@H]1c1ccccc1F. The summed E-state index contributed by atoms with van der Waals surface area (Å²) in [5.41, 5.74) is 5.17. The molecule has 0 heterocycles. The van der Waals surface area contributed by atoms with Gasteiger partial charge in [0.15, 0.2) is 0 Å². The molecule has 0 saturated heterocycles. The lowest BCUT2D eigenvalue weighted by molar-refractivity contribution is -0.149. The van der Waals surface area contributed by atoms with Crippen molar-refractivity contribution in [2.75, 3.05) is 7.11 Å². The standard InChI is InChI=1S/C20H18FN3O2/c1-26-19(25)20(11-23)17(14-8-4-5-9-16(14)21)13-7-3-2-6-12(13)15(10-22)18(20)24/h4-6,8-9,13,17H,2-3,7,24H2,1H3/t13-,17-,20-/m0/s1. The van der Waals surface area contributed by atoms with Gasteiger partial charge in [-0.15, -0.1) is 0 Å². The van der Waals surface area contributed by atoms with Crippen LogP contribution in [0.2, 0.25) is 0 Å². The number of rotatable bonds is 2. The van der Waals surface area contributed by atoms with Gasteiger partial charge < -0.3 is 10.5 Å². The second-order valence-electron chi connectivity index (χ2n) is 6.51. The van der Waals surface area contributed by atoms with Crippen LogP contribution in [0.15, 0.2) is 47.2 Å². The summed E-state index contributed by atoms with van der Waals surface area (Å²) in [5.74, 6) is -2.60. The van der Waals surface area contributed by atoms with Crippen LogP contribution in [-0.4, -0.2) is 13.1 Å². The number of nitrogens with two attached hydrogens (primary N) is 1. The third kappa shape index (κ3) is 2.30. The molecule has 0 amide bonds. The zero-order valence-electron chi connectivity index (χ0n) is 14.3. The number of esters is 1. The van der Waals surface area contributed by atoms with Crippen LogP contribution in [0, 0.1) is 39.8 Å². The van der Waals surface area contributed by atoms with Gasteiger partial charge in [-0.1, -0.05) is 24.3 Å². The Morgan fingerprint density at radius 3 is 2.73 bits per heavy atom. The molecule has 5 nitrogen and oxygen atoms in total. The Hall–Kier alpha value is -3.12. The molecule has 0 fully saturated rings. The van der Waals surface area contributed by atoms with Gasteiger partial charge in [0.05, 0.1) is 24.4 Å². The largest absolute Gasteiger partial charge is 0.468 e. The normalized spacial score (nSPS) is 27.6. The first kappa shape index (κ1) is 17.7. The second kappa shape index (κ2) is 6.65. The van der Waals surface area contributed by atoms with Crippen molar-refractivity contribution in [2.45, 2.75) is 25.2 Å². The number of ether oxygens (including phenoxy) is 1. The summed E-state index contributed by atoms with van der Waals surface area (Å²) in [7, 11) is 1.16. The van der Waals surface area contributed by atoms with Crippen molar-refractivity contribution in [1.29, 1.82) is 10.5 Å². The van der Waals surface area contributed by atoms with Gasteiger partial charge in [-0.2, -0.15) is 10.5 Å². The summed E-state index contributed by atoms with van der Waals surface area (Å²) in [6.07, 6.45) is 4.13. The fraction of sp³-hybridized carbons (Fsp3) is 0.350. The van der Waals surface area contributed by atoms with E-state index in [1.54, 1.807) is 18.2 Å². The van der Waals surface area contributed by atoms with Gasteiger partial charge >= 0.3 is 5.97 Å². The molecular weight excluding hydrogens is 333 g/mol. The maximum Gasteiger partial charge on any atom is 0.333 e. The van der Waals surface area contributed by atoms with E-state index in [-0.39, 0.29) is 22.8 Å². The van der Waals surface area contributed by atoms with Crippen LogP contribution in [-0.2, 0) is 9.53 Å². The molecule has 0 unspecified atom stereocenters. The minimum absolute atomic E-state index is 0.134. The van der Waals surface area contributed by atoms with E-state index >= 15 is 0 Å². The number of nitriles is 2. The third-order valence-corrected chi connectivity index (χ3v) is 5.37. The molecule has 6 heteroatoms. The molecule has 0 radical (unpaired) electrons. The number of hydrogen-bond donors (Lipinski definition) is 1. The van der Waals surface area contributed by atoms with E-state index in [2.05, 4.69) is 0 Å². The number of benzene rings is 1. The van der Waals surface area contributed by atoms with Crippen molar-refractivity contribution < 1.29 is 13.9 Å². The predicted molar refractivity (Wildman–Crippen MR) is 91.5 cm³/mol. The monoisotopic (exact) mass is 351 g/mol. The Kier molecular flexibility index (Phi) is 4.52. The molecule has 0 bridgehead atoms. The number of fused-ring (bicyclic) bond motifs is 1. The number of carbonyl (C=O) groups excluding carboxylic acids is 1. The molecule has 2 N–H and O–H groups in total. The van der Waals surface area contributed by atoms with E-state index in [4.69, 9.17) is 10.5 Å². The molecule has 3 rings (SSSR count). The topological polar surface area (TPSA) is 99.9 Å². The summed E-state index contributed by atoms with van der Waals surface area (Å²) >= 11 is 0. The van der Waals surface area contributed by atoms with E-state index in [9.17, 15) is 19.7 Å². The molecule has 0 aliphatic heterocycles. The van der Waals surface area contributed by atoms with E-state index in [0.717, 1.165) is 20.0 Å². The van der Waals surface area contributed by atoms with Crippen LogP contribution in [0.3, 0.4) is 0 Å². The van der Waals surface area contributed by atoms with Crippen LogP contribution < -0.4 is 5.73 Å². The van der Waals surface area contributed by atoms with Gasteiger partial charge in [0, 0.05) is 5.92 Å². The van der Waals surface area contributed by atoms with Crippen LogP contribution in [0.25, 0.3) is 0 Å². The average molecular weight is 351 g/mol. The minimum Gasteiger partial charge on any atom is -0.468 e. The number of allylic oxidation sites excluding steroid dienone is 3. The fourth-order valence-corrected chi connectivity index (χ4v) is 4.23. The Labute approximate surface area is 151 Å². The lowest BCUT2D eigenvalue weighted by Crippen LogP contribution is -2.49. The first-order chi connectivity index (χ1) is 12.5. The maximum atomic E-state index is 14.7. The first-order valence-electron chi connectivity index (χ1n) is 8.37. The van der Waals surface area contributed by atoms with E-state index in [1.807, 2.05) is 18.2 Å². The van der Waals surface area contributed by atoms with Gasteiger partial charge in [-0.25, -0.2) is 9.18 Å². The summed E-state index contributed by atoms with van der Waals surface area (Å²) in [4.78, 5) is 12.8. The van der Waals surface area contributed by atoms with Gasteiger partial charge in [0.25, 0.3) is 0 Å². The van der Waals surface area contributed by atoms with Crippen molar-refractivity contribution >= 4 is 5.97 Å². The molecule has 1 aromatic carbocycles. The molecule has 1 aromatic rings. The van der Waals surface area contributed by atoms with Crippen molar-refractivity contribution in [1.82, 2.24) is 0 Å². The van der Waals surface area contributed by atoms with E-state index in [0.29, 0.717) is 12.0 Å². The molecule has 3 atom stereocenters. The predicted octanol–water partition coefficient (Wildman–Crippen LogP) is 3.07. The first-order valence-corrected chi connectivity index (χ1v) is 8.37. The summed E-state index contributed by atoms with van der Waals surface area (Å²) < 4.78 is 19.6. The summed E-state index contributed by atoms with van der Waals surface area (Å²) in [6, 6.07) is 10.1.